The van der Waals surface area contributed by atoms with E-state index in [2.05, 4.69) is 10.6 Å². The van der Waals surface area contributed by atoms with Gasteiger partial charge in [-0.25, -0.2) is 4.79 Å². The number of rotatable bonds is 9. The molecule has 32 heavy (non-hydrogen) atoms. The van der Waals surface area contributed by atoms with E-state index < -0.39 is 17.8 Å². The van der Waals surface area contributed by atoms with Crippen LogP contribution >= 0.6 is 11.3 Å². The summed E-state index contributed by atoms with van der Waals surface area (Å²) in [7, 11) is 0. The molecule has 0 aliphatic rings. The van der Waals surface area contributed by atoms with Crippen molar-refractivity contribution >= 4 is 34.1 Å². The van der Waals surface area contributed by atoms with Crippen LogP contribution in [0.25, 0.3) is 0 Å². The fourth-order valence-corrected chi connectivity index (χ4v) is 4.08. The van der Waals surface area contributed by atoms with Gasteiger partial charge in [-0.2, -0.15) is 0 Å². The molecule has 1 heterocycles. The molecule has 0 saturated carbocycles. The lowest BCUT2D eigenvalue weighted by atomic mass is 10.1. The van der Waals surface area contributed by atoms with E-state index in [-0.39, 0.29) is 28.7 Å². The number of nitrogens with one attached hydrogen (secondary N) is 2. The van der Waals surface area contributed by atoms with E-state index >= 15 is 0 Å². The Morgan fingerprint density at radius 2 is 1.62 bits per heavy atom. The molecule has 3 rings (SSSR count). The Labute approximate surface area is 190 Å². The summed E-state index contributed by atoms with van der Waals surface area (Å²) in [5, 5.41) is 5.82. The monoisotopic (exact) mass is 452 g/mol. The van der Waals surface area contributed by atoms with E-state index in [4.69, 9.17) is 9.47 Å². The molecule has 8 heteroatoms. The molecule has 0 radical (unpaired) electrons. The van der Waals surface area contributed by atoms with Crippen LogP contribution in [0.4, 0.5) is 5.00 Å². The van der Waals surface area contributed by atoms with Gasteiger partial charge < -0.3 is 20.1 Å². The molecule has 0 bridgehead atoms. The van der Waals surface area contributed by atoms with Crippen LogP contribution < -0.4 is 15.4 Å². The van der Waals surface area contributed by atoms with Gasteiger partial charge in [0.1, 0.15) is 15.6 Å². The van der Waals surface area contributed by atoms with Gasteiger partial charge in [0.2, 0.25) is 0 Å². The third-order valence-corrected chi connectivity index (χ3v) is 5.68. The van der Waals surface area contributed by atoms with Gasteiger partial charge in [0, 0.05) is 6.54 Å². The summed E-state index contributed by atoms with van der Waals surface area (Å²) in [5.74, 6) is -0.814. The van der Waals surface area contributed by atoms with E-state index in [9.17, 15) is 14.4 Å². The Bertz CT molecular complexity index is 1080. The van der Waals surface area contributed by atoms with Crippen molar-refractivity contribution < 1.29 is 23.9 Å². The van der Waals surface area contributed by atoms with Crippen molar-refractivity contribution in [1.29, 1.82) is 0 Å². The lowest BCUT2D eigenvalue weighted by Crippen LogP contribution is -2.26. The highest BCUT2D eigenvalue weighted by molar-refractivity contribution is 7.18. The maximum Gasteiger partial charge on any atom is 0.348 e. The maximum absolute atomic E-state index is 13.0. The van der Waals surface area contributed by atoms with Crippen molar-refractivity contribution in [3.05, 3.63) is 82.2 Å². The van der Waals surface area contributed by atoms with Gasteiger partial charge in [-0.05, 0) is 37.1 Å². The molecule has 0 atom stereocenters. The Kier molecular flexibility index (Phi) is 7.99. The van der Waals surface area contributed by atoms with Crippen molar-refractivity contribution in [3.8, 4) is 5.75 Å². The number of hydrogen-bond acceptors (Lipinski definition) is 6. The molecule has 7 nitrogen and oxygen atoms in total. The Balaban J connectivity index is 1.77. The highest BCUT2D eigenvalue weighted by atomic mass is 32.1. The average molecular weight is 453 g/mol. The van der Waals surface area contributed by atoms with Crippen molar-refractivity contribution in [1.82, 2.24) is 5.32 Å². The molecule has 0 aliphatic carbocycles. The number of esters is 1. The standard InChI is InChI=1S/C24H24N2O5S/c1-3-30-24(29)21-16(2)20(22(28)25-14-17-10-6-4-7-11-17)23(32-21)26-19(27)15-31-18-12-8-5-9-13-18/h4-13H,3,14-15H2,1-2H3,(H,25,28)(H,26,27). The van der Waals surface area contributed by atoms with Crippen LogP contribution in [-0.4, -0.2) is 31.0 Å². The molecule has 0 aliphatic heterocycles. The van der Waals surface area contributed by atoms with Gasteiger partial charge in [0.05, 0.1) is 12.2 Å². The topological polar surface area (TPSA) is 93.7 Å². The van der Waals surface area contributed by atoms with Crippen LogP contribution in [0.2, 0.25) is 0 Å². The predicted octanol–water partition coefficient (Wildman–Crippen LogP) is 4.18. The molecular weight excluding hydrogens is 428 g/mol. The maximum atomic E-state index is 13.0. The molecule has 0 fully saturated rings. The summed E-state index contributed by atoms with van der Waals surface area (Å²) in [5.41, 5.74) is 1.63. The second-order valence-electron chi connectivity index (χ2n) is 6.80. The Morgan fingerprint density at radius 3 is 2.28 bits per heavy atom. The number of carbonyl (C=O) groups is 3. The van der Waals surface area contributed by atoms with Crippen LogP contribution in [0.15, 0.2) is 60.7 Å². The van der Waals surface area contributed by atoms with Crippen molar-refractivity contribution in [2.24, 2.45) is 0 Å². The summed E-state index contributed by atoms with van der Waals surface area (Å²) in [6, 6.07) is 18.4. The van der Waals surface area contributed by atoms with Crippen LogP contribution in [0.5, 0.6) is 5.75 Å². The first-order valence-corrected chi connectivity index (χ1v) is 10.9. The first kappa shape index (κ1) is 23.0. The number of carbonyl (C=O) groups excluding carboxylic acids is 3. The van der Waals surface area contributed by atoms with E-state index in [0.29, 0.717) is 17.9 Å². The SMILES string of the molecule is CCOC(=O)c1sc(NC(=O)COc2ccccc2)c(C(=O)NCc2ccccc2)c1C. The third-order valence-electron chi connectivity index (χ3n) is 4.50. The van der Waals surface area contributed by atoms with Crippen LogP contribution in [-0.2, 0) is 16.1 Å². The fourth-order valence-electron chi connectivity index (χ4n) is 2.96. The molecule has 2 aromatic carbocycles. The minimum absolute atomic E-state index is 0.207. The molecular formula is C24H24N2O5S. The van der Waals surface area contributed by atoms with Gasteiger partial charge in [-0.1, -0.05) is 48.5 Å². The third kappa shape index (κ3) is 5.95. The van der Waals surface area contributed by atoms with Crippen LogP contribution in [0.3, 0.4) is 0 Å². The zero-order valence-electron chi connectivity index (χ0n) is 17.8. The first-order chi connectivity index (χ1) is 15.5. The number of amides is 2. The number of hydrogen-bond donors (Lipinski definition) is 2. The lowest BCUT2D eigenvalue weighted by Gasteiger charge is -2.10. The minimum Gasteiger partial charge on any atom is -0.484 e. The highest BCUT2D eigenvalue weighted by Gasteiger charge is 2.26. The second kappa shape index (κ2) is 11.1. The molecule has 1 aromatic heterocycles. The molecule has 0 spiro atoms. The first-order valence-electron chi connectivity index (χ1n) is 10.1. The van der Waals surface area contributed by atoms with Gasteiger partial charge in [-0.15, -0.1) is 11.3 Å². The number of thiophene rings is 1. The normalized spacial score (nSPS) is 10.3. The van der Waals surface area contributed by atoms with Crippen molar-refractivity contribution in [2.75, 3.05) is 18.5 Å². The molecule has 2 N–H and O–H groups in total. The molecule has 0 saturated heterocycles. The lowest BCUT2D eigenvalue weighted by molar-refractivity contribution is -0.118. The summed E-state index contributed by atoms with van der Waals surface area (Å²) in [4.78, 5) is 38.1. The Morgan fingerprint density at radius 1 is 0.969 bits per heavy atom. The number of para-hydroxylation sites is 1. The van der Waals surface area contributed by atoms with Crippen molar-refractivity contribution in [2.45, 2.75) is 20.4 Å². The van der Waals surface area contributed by atoms with E-state index in [1.54, 1.807) is 38.1 Å². The van der Waals surface area contributed by atoms with E-state index in [0.717, 1.165) is 16.9 Å². The van der Waals surface area contributed by atoms with Crippen LogP contribution in [0, 0.1) is 6.92 Å². The quantitative estimate of drug-likeness (QED) is 0.475. The molecule has 3 aromatic rings. The highest BCUT2D eigenvalue weighted by Crippen LogP contribution is 2.33. The number of ether oxygens (including phenoxy) is 2. The zero-order valence-corrected chi connectivity index (χ0v) is 18.7. The van der Waals surface area contributed by atoms with Gasteiger partial charge in [-0.3, -0.25) is 9.59 Å². The Hall–Kier alpha value is -3.65. The summed E-state index contributed by atoms with van der Waals surface area (Å²) in [6.07, 6.45) is 0. The van der Waals surface area contributed by atoms with Gasteiger partial charge in [0.25, 0.3) is 11.8 Å². The predicted molar refractivity (Wildman–Crippen MR) is 123 cm³/mol. The number of anilines is 1. The van der Waals surface area contributed by atoms with E-state index in [1.807, 2.05) is 36.4 Å². The summed E-state index contributed by atoms with van der Waals surface area (Å²) < 4.78 is 10.6. The smallest absolute Gasteiger partial charge is 0.348 e. The summed E-state index contributed by atoms with van der Waals surface area (Å²) in [6.45, 7) is 3.65. The largest absolute Gasteiger partial charge is 0.484 e. The average Bonchev–Trinajstić information content (AvgIpc) is 3.13. The minimum atomic E-state index is -0.534. The van der Waals surface area contributed by atoms with E-state index in [1.165, 1.54) is 0 Å². The van der Waals surface area contributed by atoms with Crippen LogP contribution in [0.1, 0.15) is 38.1 Å². The molecule has 0 unspecified atom stereocenters. The van der Waals surface area contributed by atoms with Crippen molar-refractivity contribution in [3.63, 3.8) is 0 Å². The van der Waals surface area contributed by atoms with Gasteiger partial charge >= 0.3 is 5.97 Å². The fraction of sp³-hybridized carbons (Fsp3) is 0.208. The molecule has 2 amide bonds. The second-order valence-corrected chi connectivity index (χ2v) is 7.82. The number of benzene rings is 2. The van der Waals surface area contributed by atoms with Gasteiger partial charge in [0.15, 0.2) is 6.61 Å². The zero-order chi connectivity index (χ0) is 22.9. The summed E-state index contributed by atoms with van der Waals surface area (Å²) >= 11 is 1.01. The molecule has 166 valence electrons.